The Labute approximate surface area is 162 Å². The summed E-state index contributed by atoms with van der Waals surface area (Å²) in [6, 6.07) is 14.8. The van der Waals surface area contributed by atoms with Gasteiger partial charge in [0.2, 0.25) is 0 Å². The van der Waals surface area contributed by atoms with Crippen LogP contribution in [0.25, 0.3) is 11.6 Å². The predicted octanol–water partition coefficient (Wildman–Crippen LogP) is 6.42. The molecule has 0 saturated heterocycles. The van der Waals surface area contributed by atoms with Gasteiger partial charge >= 0.3 is 5.97 Å². The molecule has 27 heavy (non-hydrogen) atoms. The minimum Gasteiger partial charge on any atom is -0.462 e. The quantitative estimate of drug-likeness (QED) is 0.454. The summed E-state index contributed by atoms with van der Waals surface area (Å²) in [6.07, 6.45) is 6.34. The highest BCUT2D eigenvalue weighted by Gasteiger charge is 2.36. The lowest BCUT2D eigenvalue weighted by Crippen LogP contribution is -2.04. The molecule has 0 heterocycles. The van der Waals surface area contributed by atoms with Gasteiger partial charge < -0.3 is 4.74 Å². The van der Waals surface area contributed by atoms with E-state index < -0.39 is 0 Å². The number of carbonyl (C=O) groups excluding carboxylic acids is 1. The molecule has 2 nitrogen and oxygen atoms in total. The Balaban J connectivity index is 1.63. The highest BCUT2D eigenvalue weighted by atomic mass is 16.5. The van der Waals surface area contributed by atoms with Gasteiger partial charge in [-0.15, -0.1) is 0 Å². The summed E-state index contributed by atoms with van der Waals surface area (Å²) in [5.41, 5.74) is 7.60. The van der Waals surface area contributed by atoms with Crippen LogP contribution in [-0.2, 0) is 4.74 Å². The normalized spacial score (nSPS) is 20.8. The fourth-order valence-electron chi connectivity index (χ4n) is 4.72. The second-order valence-corrected chi connectivity index (χ2v) is 8.15. The Morgan fingerprint density at radius 1 is 1.04 bits per heavy atom. The van der Waals surface area contributed by atoms with Crippen LogP contribution in [-0.4, -0.2) is 12.6 Å². The molecule has 0 amide bonds. The van der Waals surface area contributed by atoms with Crippen LogP contribution in [0.15, 0.2) is 42.5 Å². The molecule has 2 bridgehead atoms. The molecule has 2 aliphatic rings. The molecule has 0 spiro atoms. The van der Waals surface area contributed by atoms with Crippen molar-refractivity contribution in [2.24, 2.45) is 5.92 Å². The molecule has 2 aromatic carbocycles. The first-order chi connectivity index (χ1) is 13.1. The van der Waals surface area contributed by atoms with Gasteiger partial charge in [0.1, 0.15) is 0 Å². The first kappa shape index (κ1) is 18.0. The van der Waals surface area contributed by atoms with Crippen molar-refractivity contribution in [2.45, 2.75) is 51.9 Å². The Morgan fingerprint density at radius 2 is 1.70 bits per heavy atom. The van der Waals surface area contributed by atoms with Crippen molar-refractivity contribution in [1.29, 1.82) is 0 Å². The third-order valence-corrected chi connectivity index (χ3v) is 6.10. The maximum Gasteiger partial charge on any atom is 0.338 e. The van der Waals surface area contributed by atoms with E-state index in [2.05, 4.69) is 38.1 Å². The number of hydrogen-bond donors (Lipinski definition) is 0. The van der Waals surface area contributed by atoms with Crippen LogP contribution in [0, 0.1) is 5.92 Å². The zero-order valence-corrected chi connectivity index (χ0v) is 16.5. The number of carbonyl (C=O) groups is 1. The first-order valence-corrected chi connectivity index (χ1v) is 10.2. The summed E-state index contributed by atoms with van der Waals surface area (Å²) in [4.78, 5) is 11.8. The van der Waals surface area contributed by atoms with E-state index in [-0.39, 0.29) is 5.97 Å². The molecule has 140 valence electrons. The van der Waals surface area contributed by atoms with Crippen molar-refractivity contribution in [3.63, 3.8) is 0 Å². The van der Waals surface area contributed by atoms with Gasteiger partial charge in [0.05, 0.1) is 12.2 Å². The second kappa shape index (κ2) is 7.34. The molecule has 2 atom stereocenters. The molecule has 2 aliphatic carbocycles. The van der Waals surface area contributed by atoms with Crippen LogP contribution < -0.4 is 0 Å². The Kier molecular flexibility index (Phi) is 4.90. The molecular weight excluding hydrogens is 332 g/mol. The van der Waals surface area contributed by atoms with Crippen LogP contribution in [0.3, 0.4) is 0 Å². The van der Waals surface area contributed by atoms with Gasteiger partial charge in [-0.3, -0.25) is 0 Å². The van der Waals surface area contributed by atoms with Gasteiger partial charge in [0.25, 0.3) is 0 Å². The Morgan fingerprint density at radius 3 is 2.37 bits per heavy atom. The van der Waals surface area contributed by atoms with E-state index in [1.54, 1.807) is 11.1 Å². The minimum atomic E-state index is -0.259. The molecule has 2 heteroatoms. The number of allylic oxidation sites excluding steroid dienone is 1. The number of ether oxygens (including phenoxy) is 1. The molecular formula is C25H28O2. The van der Waals surface area contributed by atoms with Gasteiger partial charge in [-0.05, 0) is 83.9 Å². The van der Waals surface area contributed by atoms with E-state index in [9.17, 15) is 4.79 Å². The van der Waals surface area contributed by atoms with Crippen LogP contribution >= 0.6 is 0 Å². The molecule has 0 N–H and O–H groups in total. The summed E-state index contributed by atoms with van der Waals surface area (Å²) in [7, 11) is 0. The SMILES string of the molecule is CCOC(=O)c1ccc(C=C(c2ccc3c(c2)C2CCC3C2)C(C)C)cc1. The van der Waals surface area contributed by atoms with E-state index in [0.717, 1.165) is 17.4 Å². The highest BCUT2D eigenvalue weighted by Crippen LogP contribution is 2.53. The summed E-state index contributed by atoms with van der Waals surface area (Å²) in [5, 5.41) is 0. The molecule has 4 rings (SSSR count). The monoisotopic (exact) mass is 360 g/mol. The molecule has 0 radical (unpaired) electrons. The third kappa shape index (κ3) is 3.45. The predicted molar refractivity (Wildman–Crippen MR) is 111 cm³/mol. The standard InChI is InChI=1S/C25H28O2/c1-4-27-25(26)18-7-5-17(6-8-18)13-23(16(2)3)21-11-12-22-19-9-10-20(14-19)24(22)15-21/h5-8,11-13,15-16,19-20H,4,9-10,14H2,1-3H3. The maximum absolute atomic E-state index is 11.8. The van der Waals surface area contributed by atoms with E-state index >= 15 is 0 Å². The van der Waals surface area contributed by atoms with Crippen molar-refractivity contribution in [2.75, 3.05) is 6.61 Å². The van der Waals surface area contributed by atoms with Gasteiger partial charge in [-0.1, -0.05) is 50.3 Å². The van der Waals surface area contributed by atoms with E-state index in [1.807, 2.05) is 31.2 Å². The smallest absolute Gasteiger partial charge is 0.338 e. The average molecular weight is 360 g/mol. The lowest BCUT2D eigenvalue weighted by Gasteiger charge is -2.19. The van der Waals surface area contributed by atoms with Gasteiger partial charge in [0, 0.05) is 0 Å². The first-order valence-electron chi connectivity index (χ1n) is 10.2. The topological polar surface area (TPSA) is 26.3 Å². The molecule has 2 aromatic rings. The maximum atomic E-state index is 11.8. The third-order valence-electron chi connectivity index (χ3n) is 6.10. The van der Waals surface area contributed by atoms with Crippen LogP contribution in [0.5, 0.6) is 0 Å². The van der Waals surface area contributed by atoms with Crippen LogP contribution in [0.2, 0.25) is 0 Å². The second-order valence-electron chi connectivity index (χ2n) is 8.15. The Hall–Kier alpha value is -2.35. The number of benzene rings is 2. The van der Waals surface area contributed by atoms with Crippen molar-refractivity contribution >= 4 is 17.6 Å². The average Bonchev–Trinajstić information content (AvgIpc) is 3.28. The van der Waals surface area contributed by atoms with Gasteiger partial charge in [-0.25, -0.2) is 4.79 Å². The molecule has 0 aliphatic heterocycles. The number of rotatable bonds is 5. The fourth-order valence-corrected chi connectivity index (χ4v) is 4.72. The highest BCUT2D eigenvalue weighted by molar-refractivity contribution is 5.90. The Bertz CT molecular complexity index is 874. The summed E-state index contributed by atoms with van der Waals surface area (Å²) in [6.45, 7) is 6.72. The molecule has 0 aromatic heterocycles. The summed E-state index contributed by atoms with van der Waals surface area (Å²) in [5.74, 6) is 1.76. The summed E-state index contributed by atoms with van der Waals surface area (Å²) < 4.78 is 5.07. The zero-order valence-electron chi connectivity index (χ0n) is 16.5. The van der Waals surface area contributed by atoms with Gasteiger partial charge in [0.15, 0.2) is 0 Å². The largest absolute Gasteiger partial charge is 0.462 e. The number of esters is 1. The molecule has 2 unspecified atom stereocenters. The van der Waals surface area contributed by atoms with E-state index in [0.29, 0.717) is 18.1 Å². The van der Waals surface area contributed by atoms with Crippen molar-refractivity contribution < 1.29 is 9.53 Å². The summed E-state index contributed by atoms with van der Waals surface area (Å²) >= 11 is 0. The van der Waals surface area contributed by atoms with Crippen molar-refractivity contribution in [3.05, 3.63) is 70.3 Å². The van der Waals surface area contributed by atoms with Crippen LogP contribution in [0.4, 0.5) is 0 Å². The lowest BCUT2D eigenvalue weighted by atomic mass is 9.86. The van der Waals surface area contributed by atoms with E-state index in [4.69, 9.17) is 4.74 Å². The van der Waals surface area contributed by atoms with Gasteiger partial charge in [-0.2, -0.15) is 0 Å². The number of hydrogen-bond acceptors (Lipinski definition) is 2. The molecule has 1 saturated carbocycles. The lowest BCUT2D eigenvalue weighted by molar-refractivity contribution is 0.0526. The minimum absolute atomic E-state index is 0.259. The van der Waals surface area contributed by atoms with Crippen molar-refractivity contribution in [1.82, 2.24) is 0 Å². The van der Waals surface area contributed by atoms with Crippen molar-refractivity contribution in [3.8, 4) is 0 Å². The van der Waals surface area contributed by atoms with Crippen LogP contribution in [0.1, 0.15) is 84.5 Å². The fraction of sp³-hybridized carbons (Fsp3) is 0.400. The number of fused-ring (bicyclic) bond motifs is 5. The molecule has 1 fully saturated rings. The van der Waals surface area contributed by atoms with E-state index in [1.165, 1.54) is 30.4 Å². The zero-order chi connectivity index (χ0) is 19.0.